The molecular weight excluding hydrogens is 418 g/mol. The third-order valence-corrected chi connectivity index (χ3v) is 5.84. The molecule has 0 unspecified atom stereocenters. The number of nitrogens with zero attached hydrogens (tertiary/aromatic N) is 1. The van der Waals surface area contributed by atoms with Crippen molar-refractivity contribution in [3.8, 4) is 22.1 Å². The maximum atomic E-state index is 12.4. The number of anilines is 1. The van der Waals surface area contributed by atoms with Gasteiger partial charge in [-0.25, -0.2) is 4.98 Å². The molecule has 1 aliphatic heterocycles. The third kappa shape index (κ3) is 3.70. The van der Waals surface area contributed by atoms with Crippen LogP contribution in [0.4, 0.5) is 5.69 Å². The molecule has 0 saturated carbocycles. The monoisotopic (exact) mass is 433 g/mol. The zero-order chi connectivity index (χ0) is 20.5. The van der Waals surface area contributed by atoms with E-state index in [1.807, 2.05) is 42.5 Å². The van der Waals surface area contributed by atoms with Gasteiger partial charge >= 0.3 is 0 Å². The van der Waals surface area contributed by atoms with Crippen LogP contribution in [0.15, 0.2) is 66.7 Å². The van der Waals surface area contributed by atoms with Crippen LogP contribution < -0.4 is 20.1 Å². The number of hydrogen-bond donors (Lipinski definition) is 2. The summed E-state index contributed by atoms with van der Waals surface area (Å²) in [5, 5.41) is 6.87. The molecule has 1 amide bonds. The molecule has 0 atom stereocenters. The minimum absolute atomic E-state index is 0.160. The number of thiazole rings is 1. The number of aromatic nitrogens is 1. The fraction of sp³-hybridized carbons (Fsp3) is 0.0455. The highest BCUT2D eigenvalue weighted by molar-refractivity contribution is 7.80. The van der Waals surface area contributed by atoms with Gasteiger partial charge in [0, 0.05) is 16.8 Å². The van der Waals surface area contributed by atoms with E-state index in [2.05, 4.69) is 21.7 Å². The number of thiocarbonyl (C=S) groups is 1. The van der Waals surface area contributed by atoms with Crippen LogP contribution in [0.25, 0.3) is 20.8 Å². The van der Waals surface area contributed by atoms with Gasteiger partial charge in [0.15, 0.2) is 16.6 Å². The Bertz CT molecular complexity index is 1240. The Balaban J connectivity index is 1.24. The van der Waals surface area contributed by atoms with Crippen LogP contribution in [0.1, 0.15) is 10.4 Å². The second-order valence-corrected chi connectivity index (χ2v) is 7.98. The Labute approximate surface area is 181 Å². The topological polar surface area (TPSA) is 72.5 Å². The van der Waals surface area contributed by atoms with E-state index in [0.717, 1.165) is 26.5 Å². The van der Waals surface area contributed by atoms with E-state index in [1.165, 1.54) is 0 Å². The summed E-state index contributed by atoms with van der Waals surface area (Å²) in [6.45, 7) is 0.160. The van der Waals surface area contributed by atoms with Crippen LogP contribution >= 0.6 is 23.6 Å². The van der Waals surface area contributed by atoms with Crippen LogP contribution in [-0.2, 0) is 0 Å². The predicted molar refractivity (Wildman–Crippen MR) is 121 cm³/mol. The van der Waals surface area contributed by atoms with Crippen LogP contribution in [0.5, 0.6) is 11.5 Å². The zero-order valence-electron chi connectivity index (χ0n) is 15.5. The molecule has 0 saturated heterocycles. The van der Waals surface area contributed by atoms with Crippen LogP contribution in [0.2, 0.25) is 0 Å². The van der Waals surface area contributed by atoms with Gasteiger partial charge in [0.05, 0.1) is 10.2 Å². The summed E-state index contributed by atoms with van der Waals surface area (Å²) >= 11 is 6.92. The number of nitrogens with one attached hydrogen (secondary N) is 2. The SMILES string of the molecule is O=C(NC(=S)Nc1ccc(-c2nc3ccccc3s2)cc1)c1ccc2c(c1)OCO2. The summed E-state index contributed by atoms with van der Waals surface area (Å²) in [5.41, 5.74) is 3.23. The molecule has 5 rings (SSSR count). The molecule has 2 heterocycles. The normalized spacial score (nSPS) is 12.0. The highest BCUT2D eigenvalue weighted by atomic mass is 32.1. The van der Waals surface area contributed by atoms with Crippen molar-refractivity contribution >= 4 is 50.5 Å². The van der Waals surface area contributed by atoms with Gasteiger partial charge in [-0.2, -0.15) is 0 Å². The Hall–Kier alpha value is -3.49. The van der Waals surface area contributed by atoms with E-state index in [-0.39, 0.29) is 17.8 Å². The van der Waals surface area contributed by atoms with E-state index in [4.69, 9.17) is 21.7 Å². The molecule has 2 N–H and O–H groups in total. The van der Waals surface area contributed by atoms with Crippen molar-refractivity contribution in [1.29, 1.82) is 0 Å². The maximum absolute atomic E-state index is 12.4. The van der Waals surface area contributed by atoms with E-state index in [1.54, 1.807) is 29.5 Å². The summed E-state index contributed by atoms with van der Waals surface area (Å²) in [6.07, 6.45) is 0. The lowest BCUT2D eigenvalue weighted by molar-refractivity contribution is 0.0977. The van der Waals surface area contributed by atoms with Crippen LogP contribution in [0, 0.1) is 0 Å². The molecule has 6 nitrogen and oxygen atoms in total. The molecule has 0 bridgehead atoms. The quantitative estimate of drug-likeness (QED) is 0.452. The van der Waals surface area contributed by atoms with Crippen molar-refractivity contribution in [2.75, 3.05) is 12.1 Å². The maximum Gasteiger partial charge on any atom is 0.257 e. The molecule has 8 heteroatoms. The summed E-state index contributed by atoms with van der Waals surface area (Å²) in [6, 6.07) is 20.8. The van der Waals surface area contributed by atoms with Gasteiger partial charge in [0.1, 0.15) is 5.01 Å². The number of para-hydroxylation sites is 1. The number of ether oxygens (including phenoxy) is 2. The molecule has 30 heavy (non-hydrogen) atoms. The molecular formula is C22H15N3O3S2. The summed E-state index contributed by atoms with van der Waals surface area (Å²) in [7, 11) is 0. The lowest BCUT2D eigenvalue weighted by atomic mass is 10.2. The molecule has 0 spiro atoms. The molecule has 1 aromatic heterocycles. The van der Waals surface area contributed by atoms with E-state index in [0.29, 0.717) is 17.1 Å². The van der Waals surface area contributed by atoms with E-state index in [9.17, 15) is 4.79 Å². The fourth-order valence-electron chi connectivity index (χ4n) is 3.07. The van der Waals surface area contributed by atoms with Gasteiger partial charge in [-0.15, -0.1) is 11.3 Å². The zero-order valence-corrected chi connectivity index (χ0v) is 17.2. The van der Waals surface area contributed by atoms with Gasteiger partial charge in [-0.3, -0.25) is 10.1 Å². The highest BCUT2D eigenvalue weighted by Crippen LogP contribution is 2.32. The number of carbonyl (C=O) groups excluding carboxylic acids is 1. The van der Waals surface area contributed by atoms with Gasteiger partial charge in [0.2, 0.25) is 6.79 Å². The Morgan fingerprint density at radius 1 is 1.00 bits per heavy atom. The molecule has 4 aromatic rings. The fourth-order valence-corrected chi connectivity index (χ4v) is 4.25. The second-order valence-electron chi connectivity index (χ2n) is 6.54. The van der Waals surface area contributed by atoms with Crippen molar-refractivity contribution in [2.45, 2.75) is 0 Å². The Morgan fingerprint density at radius 2 is 1.80 bits per heavy atom. The first-order chi connectivity index (χ1) is 14.7. The van der Waals surface area contributed by atoms with Crippen LogP contribution in [-0.4, -0.2) is 22.8 Å². The van der Waals surface area contributed by atoms with Gasteiger partial charge in [-0.05, 0) is 66.8 Å². The summed E-state index contributed by atoms with van der Waals surface area (Å²) < 4.78 is 11.7. The molecule has 0 aliphatic carbocycles. The Morgan fingerprint density at radius 3 is 2.63 bits per heavy atom. The second kappa shape index (κ2) is 7.74. The molecule has 1 aliphatic rings. The number of carbonyl (C=O) groups is 1. The van der Waals surface area contributed by atoms with Crippen molar-refractivity contribution in [3.05, 3.63) is 72.3 Å². The average Bonchev–Trinajstić information content (AvgIpc) is 3.40. The van der Waals surface area contributed by atoms with Gasteiger partial charge < -0.3 is 14.8 Å². The summed E-state index contributed by atoms with van der Waals surface area (Å²) in [5.74, 6) is 0.851. The first-order valence-electron chi connectivity index (χ1n) is 9.14. The first-order valence-corrected chi connectivity index (χ1v) is 10.4. The summed E-state index contributed by atoms with van der Waals surface area (Å²) in [4.78, 5) is 17.1. The minimum Gasteiger partial charge on any atom is -0.454 e. The van der Waals surface area contributed by atoms with E-state index >= 15 is 0 Å². The molecule has 0 fully saturated rings. The van der Waals surface area contributed by atoms with Crippen molar-refractivity contribution in [2.24, 2.45) is 0 Å². The van der Waals surface area contributed by atoms with Crippen molar-refractivity contribution in [1.82, 2.24) is 10.3 Å². The third-order valence-electron chi connectivity index (χ3n) is 4.55. The number of hydrogen-bond acceptors (Lipinski definition) is 6. The average molecular weight is 434 g/mol. The largest absolute Gasteiger partial charge is 0.454 e. The lowest BCUT2D eigenvalue weighted by Gasteiger charge is -2.10. The van der Waals surface area contributed by atoms with Gasteiger partial charge in [0.25, 0.3) is 5.91 Å². The van der Waals surface area contributed by atoms with Crippen molar-refractivity contribution < 1.29 is 14.3 Å². The Kier molecular flexibility index (Phi) is 4.78. The number of fused-ring (bicyclic) bond motifs is 2. The minimum atomic E-state index is -0.322. The number of amides is 1. The van der Waals surface area contributed by atoms with Crippen molar-refractivity contribution in [3.63, 3.8) is 0 Å². The molecule has 148 valence electrons. The molecule has 3 aromatic carbocycles. The van der Waals surface area contributed by atoms with Crippen LogP contribution in [0.3, 0.4) is 0 Å². The number of benzene rings is 3. The predicted octanol–water partition coefficient (Wildman–Crippen LogP) is 4.82. The number of rotatable bonds is 3. The van der Waals surface area contributed by atoms with Gasteiger partial charge in [-0.1, -0.05) is 12.1 Å². The standard InChI is InChI=1S/C22H15N3O3S2/c26-20(14-7-10-17-18(11-14)28-12-27-17)25-22(29)23-15-8-5-13(6-9-15)21-24-16-3-1-2-4-19(16)30-21/h1-11H,12H2,(H2,23,25,26,29). The smallest absolute Gasteiger partial charge is 0.257 e. The lowest BCUT2D eigenvalue weighted by Crippen LogP contribution is -2.34. The first kappa shape index (κ1) is 18.5. The van der Waals surface area contributed by atoms with E-state index < -0.39 is 0 Å². The molecule has 0 radical (unpaired) electrons. The highest BCUT2D eigenvalue weighted by Gasteiger charge is 2.17.